The highest BCUT2D eigenvalue weighted by Crippen LogP contribution is 2.20. The molecule has 77 valence electrons. The Kier molecular flexibility index (Phi) is 8.11. The summed E-state index contributed by atoms with van der Waals surface area (Å²) in [5.74, 6) is 0.478. The van der Waals surface area contributed by atoms with Crippen LogP contribution in [0.25, 0.3) is 0 Å². The van der Waals surface area contributed by atoms with E-state index in [1.807, 2.05) is 13.0 Å². The molecule has 0 aliphatic carbocycles. The van der Waals surface area contributed by atoms with Gasteiger partial charge in [0.25, 0.3) is 0 Å². The Balaban J connectivity index is 3.78. The van der Waals surface area contributed by atoms with Crippen LogP contribution in [0.1, 0.15) is 46.0 Å². The van der Waals surface area contributed by atoms with Gasteiger partial charge in [0.2, 0.25) is 0 Å². The summed E-state index contributed by atoms with van der Waals surface area (Å²) in [6.45, 7) is 7.87. The SMILES string of the molecule is [CH2]/C=C/CCC(CCC)C(O)CC. The van der Waals surface area contributed by atoms with Crippen LogP contribution in [0, 0.1) is 12.8 Å². The average molecular weight is 183 g/mol. The number of aliphatic hydroxyl groups excluding tert-OH is 1. The molecule has 0 aliphatic heterocycles. The molecule has 0 saturated heterocycles. The fourth-order valence-electron chi connectivity index (χ4n) is 1.66. The van der Waals surface area contributed by atoms with Gasteiger partial charge in [-0.05, 0) is 38.5 Å². The molecule has 1 heteroatoms. The highest BCUT2D eigenvalue weighted by Gasteiger charge is 2.15. The van der Waals surface area contributed by atoms with Crippen molar-refractivity contribution in [2.45, 2.75) is 52.1 Å². The number of aliphatic hydroxyl groups is 1. The Hall–Kier alpha value is -0.300. The molecule has 0 saturated carbocycles. The van der Waals surface area contributed by atoms with Gasteiger partial charge in [-0.3, -0.25) is 0 Å². The van der Waals surface area contributed by atoms with Crippen molar-refractivity contribution >= 4 is 0 Å². The van der Waals surface area contributed by atoms with E-state index in [0.29, 0.717) is 5.92 Å². The minimum atomic E-state index is -0.113. The van der Waals surface area contributed by atoms with E-state index in [1.165, 1.54) is 0 Å². The predicted molar refractivity (Wildman–Crippen MR) is 58.4 cm³/mol. The third-order valence-corrected chi connectivity index (χ3v) is 2.49. The van der Waals surface area contributed by atoms with Crippen LogP contribution in [-0.4, -0.2) is 11.2 Å². The highest BCUT2D eigenvalue weighted by atomic mass is 16.3. The molecule has 1 nitrogen and oxygen atoms in total. The van der Waals surface area contributed by atoms with E-state index in [1.54, 1.807) is 0 Å². The van der Waals surface area contributed by atoms with Gasteiger partial charge in [0.05, 0.1) is 6.10 Å². The van der Waals surface area contributed by atoms with Crippen molar-refractivity contribution in [2.24, 2.45) is 5.92 Å². The normalized spacial score (nSPS) is 16.3. The van der Waals surface area contributed by atoms with Crippen LogP contribution in [0.3, 0.4) is 0 Å². The fraction of sp³-hybridized carbons (Fsp3) is 0.750. The summed E-state index contributed by atoms with van der Waals surface area (Å²) < 4.78 is 0. The lowest BCUT2D eigenvalue weighted by Crippen LogP contribution is -2.19. The fourth-order valence-corrected chi connectivity index (χ4v) is 1.66. The summed E-state index contributed by atoms with van der Waals surface area (Å²) in [6, 6.07) is 0. The molecule has 0 rings (SSSR count). The first-order valence-electron chi connectivity index (χ1n) is 5.38. The van der Waals surface area contributed by atoms with Crippen LogP contribution >= 0.6 is 0 Å². The number of rotatable bonds is 7. The molecule has 0 aromatic heterocycles. The van der Waals surface area contributed by atoms with Gasteiger partial charge in [-0.15, -0.1) is 0 Å². The molecule has 0 heterocycles. The van der Waals surface area contributed by atoms with E-state index in [-0.39, 0.29) is 6.10 Å². The van der Waals surface area contributed by atoms with E-state index < -0.39 is 0 Å². The van der Waals surface area contributed by atoms with Crippen molar-refractivity contribution in [3.63, 3.8) is 0 Å². The van der Waals surface area contributed by atoms with Crippen molar-refractivity contribution in [1.82, 2.24) is 0 Å². The maximum atomic E-state index is 9.71. The number of hydrogen-bond acceptors (Lipinski definition) is 1. The van der Waals surface area contributed by atoms with E-state index in [9.17, 15) is 5.11 Å². The Morgan fingerprint density at radius 3 is 2.46 bits per heavy atom. The summed E-state index contributed by atoms with van der Waals surface area (Å²) in [5, 5.41) is 9.71. The van der Waals surface area contributed by atoms with Crippen molar-refractivity contribution in [2.75, 3.05) is 0 Å². The molecule has 0 bridgehead atoms. The molecule has 1 radical (unpaired) electrons. The predicted octanol–water partition coefficient (Wildman–Crippen LogP) is 3.34. The lowest BCUT2D eigenvalue weighted by molar-refractivity contribution is 0.0936. The zero-order valence-corrected chi connectivity index (χ0v) is 9.00. The van der Waals surface area contributed by atoms with Gasteiger partial charge in [-0.2, -0.15) is 0 Å². The molecular weight excluding hydrogens is 160 g/mol. The third-order valence-electron chi connectivity index (χ3n) is 2.49. The lowest BCUT2D eigenvalue weighted by Gasteiger charge is -2.20. The molecule has 0 aromatic carbocycles. The van der Waals surface area contributed by atoms with E-state index in [2.05, 4.69) is 19.9 Å². The van der Waals surface area contributed by atoms with Gasteiger partial charge in [0, 0.05) is 0 Å². The molecule has 1 N–H and O–H groups in total. The average Bonchev–Trinajstić information content (AvgIpc) is 2.16. The van der Waals surface area contributed by atoms with Crippen molar-refractivity contribution in [1.29, 1.82) is 0 Å². The first kappa shape index (κ1) is 12.7. The van der Waals surface area contributed by atoms with E-state index >= 15 is 0 Å². The van der Waals surface area contributed by atoms with Crippen LogP contribution in [0.2, 0.25) is 0 Å². The highest BCUT2D eigenvalue weighted by molar-refractivity contribution is 4.84. The van der Waals surface area contributed by atoms with Gasteiger partial charge in [0.1, 0.15) is 0 Å². The van der Waals surface area contributed by atoms with Crippen LogP contribution in [0.5, 0.6) is 0 Å². The molecule has 2 unspecified atom stereocenters. The van der Waals surface area contributed by atoms with Gasteiger partial charge in [-0.1, -0.05) is 32.4 Å². The second-order valence-corrected chi connectivity index (χ2v) is 3.57. The molecule has 0 fully saturated rings. The molecule has 0 spiro atoms. The lowest BCUT2D eigenvalue weighted by atomic mass is 9.91. The Labute approximate surface area is 82.9 Å². The Morgan fingerprint density at radius 1 is 1.31 bits per heavy atom. The van der Waals surface area contributed by atoms with Crippen molar-refractivity contribution < 1.29 is 5.11 Å². The van der Waals surface area contributed by atoms with Crippen LogP contribution in [-0.2, 0) is 0 Å². The second-order valence-electron chi connectivity index (χ2n) is 3.57. The molecule has 2 atom stereocenters. The molecule has 0 aromatic rings. The monoisotopic (exact) mass is 183 g/mol. The topological polar surface area (TPSA) is 20.2 Å². The summed E-state index contributed by atoms with van der Waals surface area (Å²) in [7, 11) is 0. The smallest absolute Gasteiger partial charge is 0.0565 e. The summed E-state index contributed by atoms with van der Waals surface area (Å²) in [5.41, 5.74) is 0. The molecule has 13 heavy (non-hydrogen) atoms. The number of allylic oxidation sites excluding steroid dienone is 2. The summed E-state index contributed by atoms with van der Waals surface area (Å²) >= 11 is 0. The summed E-state index contributed by atoms with van der Waals surface area (Å²) in [6.07, 6.45) is 9.11. The number of hydrogen-bond donors (Lipinski definition) is 1. The standard InChI is InChI=1S/C12H23O/c1-4-7-8-10-11(9-5-2)12(13)6-3/h4,7,11-13H,1,5-6,8-10H2,2-3H3/b7-4+. The van der Waals surface area contributed by atoms with Crippen LogP contribution in [0.4, 0.5) is 0 Å². The first-order valence-corrected chi connectivity index (χ1v) is 5.38. The van der Waals surface area contributed by atoms with Gasteiger partial charge in [0.15, 0.2) is 0 Å². The largest absolute Gasteiger partial charge is 0.393 e. The van der Waals surface area contributed by atoms with Crippen molar-refractivity contribution in [3.8, 4) is 0 Å². The third kappa shape index (κ3) is 5.87. The Bertz CT molecular complexity index is 129. The minimum absolute atomic E-state index is 0.113. The zero-order chi connectivity index (χ0) is 10.1. The van der Waals surface area contributed by atoms with Crippen LogP contribution in [0.15, 0.2) is 12.2 Å². The van der Waals surface area contributed by atoms with E-state index in [4.69, 9.17) is 0 Å². The first-order chi connectivity index (χ1) is 6.26. The van der Waals surface area contributed by atoms with Gasteiger partial charge < -0.3 is 5.11 Å². The zero-order valence-electron chi connectivity index (χ0n) is 9.00. The molecule has 0 aliphatic rings. The molecule has 0 amide bonds. The van der Waals surface area contributed by atoms with E-state index in [0.717, 1.165) is 32.1 Å². The van der Waals surface area contributed by atoms with Gasteiger partial charge >= 0.3 is 0 Å². The second kappa shape index (κ2) is 8.31. The summed E-state index contributed by atoms with van der Waals surface area (Å²) in [4.78, 5) is 0. The molecular formula is C12H23O. The Morgan fingerprint density at radius 2 is 2.00 bits per heavy atom. The van der Waals surface area contributed by atoms with Gasteiger partial charge in [-0.25, -0.2) is 0 Å². The maximum absolute atomic E-state index is 9.71. The van der Waals surface area contributed by atoms with Crippen molar-refractivity contribution in [3.05, 3.63) is 19.1 Å². The quantitative estimate of drug-likeness (QED) is 0.642. The maximum Gasteiger partial charge on any atom is 0.0565 e. The minimum Gasteiger partial charge on any atom is -0.393 e. The van der Waals surface area contributed by atoms with Crippen LogP contribution < -0.4 is 0 Å².